The van der Waals surface area contributed by atoms with Crippen LogP contribution in [-0.2, 0) is 11.8 Å². The molecule has 1 aliphatic rings. The first kappa shape index (κ1) is 18.0. The maximum absolute atomic E-state index is 13.3. The molecule has 3 heterocycles. The van der Waals surface area contributed by atoms with Gasteiger partial charge in [0.05, 0.1) is 17.1 Å². The zero-order valence-electron chi connectivity index (χ0n) is 15.5. The molecule has 7 heteroatoms. The first-order valence-electron chi connectivity index (χ1n) is 9.10. The number of hydrogen-bond donors (Lipinski definition) is 0. The molecule has 1 saturated heterocycles. The van der Waals surface area contributed by atoms with Crippen LogP contribution in [0.3, 0.4) is 0 Å². The van der Waals surface area contributed by atoms with Crippen molar-refractivity contribution < 1.29 is 9.18 Å². The second-order valence-electron chi connectivity index (χ2n) is 6.88. The zero-order valence-corrected chi connectivity index (χ0v) is 15.5. The van der Waals surface area contributed by atoms with Gasteiger partial charge in [-0.25, -0.2) is 4.39 Å². The number of aromatic nitrogens is 4. The predicted octanol–water partition coefficient (Wildman–Crippen LogP) is 3.19. The van der Waals surface area contributed by atoms with Crippen molar-refractivity contribution in [1.82, 2.24) is 24.9 Å². The summed E-state index contributed by atoms with van der Waals surface area (Å²) in [5, 5.41) is 13.4. The minimum atomic E-state index is -0.295. The first-order chi connectivity index (χ1) is 13.5. The van der Waals surface area contributed by atoms with Crippen LogP contribution < -0.4 is 0 Å². The number of halogens is 1. The third-order valence-corrected chi connectivity index (χ3v) is 5.01. The first-order valence-corrected chi connectivity index (χ1v) is 9.10. The number of hydrogen-bond acceptors (Lipinski definition) is 4. The molecule has 0 saturated carbocycles. The van der Waals surface area contributed by atoms with Crippen LogP contribution in [0.1, 0.15) is 18.0 Å². The number of carbonyl (C=O) groups is 1. The lowest BCUT2D eigenvalue weighted by Gasteiger charge is -2.16. The van der Waals surface area contributed by atoms with E-state index >= 15 is 0 Å². The molecule has 1 atom stereocenters. The molecule has 0 radical (unpaired) electrons. The highest BCUT2D eigenvalue weighted by Gasteiger charge is 2.30. The normalized spacial score (nSPS) is 16.4. The van der Waals surface area contributed by atoms with Gasteiger partial charge >= 0.3 is 0 Å². The number of rotatable bonds is 4. The van der Waals surface area contributed by atoms with Gasteiger partial charge in [-0.05, 0) is 48.9 Å². The van der Waals surface area contributed by atoms with Crippen molar-refractivity contribution in [2.75, 3.05) is 13.1 Å². The van der Waals surface area contributed by atoms with Crippen molar-refractivity contribution >= 4 is 5.91 Å². The molecule has 1 aliphatic heterocycles. The van der Waals surface area contributed by atoms with Crippen molar-refractivity contribution in [2.24, 2.45) is 7.05 Å². The molecule has 1 fully saturated rings. The maximum Gasteiger partial charge on any atom is 0.245 e. The molecule has 4 rings (SSSR count). The fraction of sp³-hybridized carbons (Fsp3) is 0.238. The van der Waals surface area contributed by atoms with Gasteiger partial charge in [0.15, 0.2) is 0 Å². The summed E-state index contributed by atoms with van der Waals surface area (Å²) >= 11 is 0. The van der Waals surface area contributed by atoms with Crippen LogP contribution in [0.2, 0.25) is 0 Å². The zero-order chi connectivity index (χ0) is 19.7. The molecule has 142 valence electrons. The second-order valence-corrected chi connectivity index (χ2v) is 6.88. The van der Waals surface area contributed by atoms with Crippen molar-refractivity contribution in [2.45, 2.75) is 12.3 Å². The maximum atomic E-state index is 13.3. The summed E-state index contributed by atoms with van der Waals surface area (Å²) in [5.74, 6) is -0.287. The van der Waals surface area contributed by atoms with Gasteiger partial charge in [-0.15, -0.1) is 0 Å². The molecule has 0 bridgehead atoms. The van der Waals surface area contributed by atoms with E-state index in [1.165, 1.54) is 18.2 Å². The highest BCUT2D eigenvalue weighted by molar-refractivity contribution is 5.87. The molecule has 0 spiro atoms. The van der Waals surface area contributed by atoms with E-state index in [4.69, 9.17) is 0 Å². The van der Waals surface area contributed by atoms with Crippen LogP contribution in [0, 0.1) is 5.82 Å². The van der Waals surface area contributed by atoms with Crippen molar-refractivity contribution in [1.29, 1.82) is 0 Å². The highest BCUT2D eigenvalue weighted by atomic mass is 19.1. The largest absolute Gasteiger partial charge is 0.338 e. The van der Waals surface area contributed by atoms with E-state index in [1.807, 2.05) is 25.4 Å². The van der Waals surface area contributed by atoms with Gasteiger partial charge in [-0.2, -0.15) is 15.3 Å². The summed E-state index contributed by atoms with van der Waals surface area (Å²) in [4.78, 5) is 13.7. The van der Waals surface area contributed by atoms with Crippen molar-refractivity contribution in [3.8, 4) is 22.5 Å². The van der Waals surface area contributed by atoms with Gasteiger partial charge in [0.25, 0.3) is 0 Å². The fourth-order valence-electron chi connectivity index (χ4n) is 3.54. The third kappa shape index (κ3) is 3.43. The molecule has 0 N–H and O–H groups in total. The third-order valence-electron chi connectivity index (χ3n) is 5.01. The van der Waals surface area contributed by atoms with E-state index in [0.717, 1.165) is 28.9 Å². The monoisotopic (exact) mass is 377 g/mol. The molecule has 28 heavy (non-hydrogen) atoms. The van der Waals surface area contributed by atoms with Crippen LogP contribution in [0.25, 0.3) is 22.5 Å². The SMILES string of the molecule is C=CC(=O)N1CCC(c2nnc(-c3ccc(F)cc3)cc2-c2ccn(C)n2)C1. The number of benzene rings is 1. The lowest BCUT2D eigenvalue weighted by Crippen LogP contribution is -2.26. The Morgan fingerprint density at radius 2 is 2.00 bits per heavy atom. The van der Waals surface area contributed by atoms with Crippen LogP contribution >= 0.6 is 0 Å². The summed E-state index contributed by atoms with van der Waals surface area (Å²) in [6.45, 7) is 4.81. The summed E-state index contributed by atoms with van der Waals surface area (Å²) in [6.07, 6.45) is 4.02. The van der Waals surface area contributed by atoms with E-state index in [0.29, 0.717) is 18.8 Å². The number of carbonyl (C=O) groups excluding carboxylic acids is 1. The molecule has 2 aromatic heterocycles. The molecule has 1 aromatic carbocycles. The number of likely N-dealkylation sites (tertiary alicyclic amines) is 1. The van der Waals surface area contributed by atoms with Gasteiger partial charge in [0.1, 0.15) is 5.82 Å². The van der Waals surface area contributed by atoms with Gasteiger partial charge < -0.3 is 4.90 Å². The smallest absolute Gasteiger partial charge is 0.245 e. The Morgan fingerprint density at radius 1 is 1.21 bits per heavy atom. The second kappa shape index (κ2) is 7.34. The lowest BCUT2D eigenvalue weighted by atomic mass is 9.96. The fourth-order valence-corrected chi connectivity index (χ4v) is 3.54. The summed E-state index contributed by atoms with van der Waals surface area (Å²) in [5.41, 5.74) is 3.94. The average Bonchev–Trinajstić information content (AvgIpc) is 3.37. The molecule has 6 nitrogen and oxygen atoms in total. The van der Waals surface area contributed by atoms with E-state index in [-0.39, 0.29) is 17.6 Å². The highest BCUT2D eigenvalue weighted by Crippen LogP contribution is 2.34. The predicted molar refractivity (Wildman–Crippen MR) is 104 cm³/mol. The number of nitrogens with zero attached hydrogens (tertiary/aromatic N) is 5. The Bertz CT molecular complexity index is 1030. The Morgan fingerprint density at radius 3 is 2.68 bits per heavy atom. The molecular formula is C21H20FN5O. The molecule has 1 unspecified atom stereocenters. The standard InChI is InChI=1S/C21H20FN5O/c1-3-20(28)27-11-8-15(13-27)21-17(18-9-10-26(2)25-18)12-19(23-24-21)14-4-6-16(22)7-5-14/h3-7,9-10,12,15H,1,8,11,13H2,2H3. The summed E-state index contributed by atoms with van der Waals surface area (Å²) in [7, 11) is 1.86. The Labute approximate surface area is 162 Å². The van der Waals surface area contributed by atoms with Gasteiger partial charge in [-0.1, -0.05) is 6.58 Å². The molecular weight excluding hydrogens is 357 g/mol. The van der Waals surface area contributed by atoms with Gasteiger partial charge in [0.2, 0.25) is 5.91 Å². The average molecular weight is 377 g/mol. The van der Waals surface area contributed by atoms with E-state index in [9.17, 15) is 9.18 Å². The number of amides is 1. The minimum Gasteiger partial charge on any atom is -0.338 e. The summed E-state index contributed by atoms with van der Waals surface area (Å²) < 4.78 is 15.0. The van der Waals surface area contributed by atoms with Crippen LogP contribution in [0.5, 0.6) is 0 Å². The number of aryl methyl sites for hydroxylation is 1. The van der Waals surface area contributed by atoms with Crippen molar-refractivity contribution in [3.63, 3.8) is 0 Å². The van der Waals surface area contributed by atoms with Crippen LogP contribution in [-0.4, -0.2) is 43.9 Å². The van der Waals surface area contributed by atoms with E-state index in [2.05, 4.69) is 21.9 Å². The lowest BCUT2D eigenvalue weighted by molar-refractivity contribution is -0.125. The summed E-state index contributed by atoms with van der Waals surface area (Å²) in [6, 6.07) is 10.0. The Kier molecular flexibility index (Phi) is 4.73. The van der Waals surface area contributed by atoms with E-state index < -0.39 is 0 Å². The topological polar surface area (TPSA) is 63.9 Å². The van der Waals surface area contributed by atoms with Crippen LogP contribution in [0.15, 0.2) is 55.3 Å². The van der Waals surface area contributed by atoms with Crippen molar-refractivity contribution in [3.05, 3.63) is 66.8 Å². The Hall–Kier alpha value is -3.35. The van der Waals surface area contributed by atoms with Gasteiger partial charge in [-0.3, -0.25) is 9.48 Å². The Balaban J connectivity index is 1.75. The van der Waals surface area contributed by atoms with E-state index in [1.54, 1.807) is 21.7 Å². The van der Waals surface area contributed by atoms with Gasteiger partial charge in [0, 0.05) is 43.4 Å². The quantitative estimate of drug-likeness (QED) is 0.655. The molecule has 0 aliphatic carbocycles. The molecule has 3 aromatic rings. The molecule has 1 amide bonds. The minimum absolute atomic E-state index is 0.0715. The van der Waals surface area contributed by atoms with Crippen LogP contribution in [0.4, 0.5) is 4.39 Å².